The van der Waals surface area contributed by atoms with Gasteiger partial charge >= 0.3 is 0 Å². The highest BCUT2D eigenvalue weighted by Crippen LogP contribution is 2.44. The number of anilines is 1. The fraction of sp³-hybridized carbons (Fsp3) is 0.231. The lowest BCUT2D eigenvalue weighted by Crippen LogP contribution is -2.29. The van der Waals surface area contributed by atoms with E-state index < -0.39 is 17.7 Å². The van der Waals surface area contributed by atoms with Crippen molar-refractivity contribution in [3.05, 3.63) is 81.6 Å². The number of ether oxygens (including phenoxy) is 2. The summed E-state index contributed by atoms with van der Waals surface area (Å²) in [5, 5.41) is 13.3. The van der Waals surface area contributed by atoms with Gasteiger partial charge in [-0.2, -0.15) is 0 Å². The maximum Gasteiger partial charge on any atom is 0.295 e. The van der Waals surface area contributed by atoms with Gasteiger partial charge in [-0.05, 0) is 35.7 Å². The smallest absolute Gasteiger partial charge is 0.295 e. The lowest BCUT2D eigenvalue weighted by Gasteiger charge is -2.28. The van der Waals surface area contributed by atoms with E-state index in [1.54, 1.807) is 31.4 Å². The van der Waals surface area contributed by atoms with Crippen LogP contribution in [0.4, 0.5) is 5.69 Å². The summed E-state index contributed by atoms with van der Waals surface area (Å²) in [4.78, 5) is 31.0. The Hall–Kier alpha value is -3.78. The van der Waals surface area contributed by atoms with E-state index in [0.717, 1.165) is 10.6 Å². The van der Waals surface area contributed by atoms with E-state index in [1.807, 2.05) is 47.7 Å². The van der Waals surface area contributed by atoms with E-state index in [-0.39, 0.29) is 17.9 Å². The number of amides is 1. The number of aliphatic hydroxyl groups is 1. The Bertz CT molecular complexity index is 1280. The molecule has 174 valence electrons. The Morgan fingerprint density at radius 3 is 2.76 bits per heavy atom. The van der Waals surface area contributed by atoms with Crippen LogP contribution in [0.1, 0.15) is 22.0 Å². The van der Waals surface area contributed by atoms with Gasteiger partial charge in [-0.1, -0.05) is 24.3 Å². The molecule has 0 aliphatic carbocycles. The summed E-state index contributed by atoms with van der Waals surface area (Å²) in [5.41, 5.74) is 1.95. The molecule has 5 rings (SSSR count). The van der Waals surface area contributed by atoms with Crippen LogP contribution in [0.25, 0.3) is 5.76 Å². The van der Waals surface area contributed by atoms with E-state index in [2.05, 4.69) is 0 Å². The number of para-hydroxylation sites is 1. The molecule has 3 heterocycles. The molecule has 1 amide bonds. The zero-order chi connectivity index (χ0) is 23.8. The number of nitrogens with zero attached hydrogens (tertiary/aromatic N) is 2. The van der Waals surface area contributed by atoms with Crippen molar-refractivity contribution in [3.8, 4) is 11.5 Å². The van der Waals surface area contributed by atoms with Crippen LogP contribution in [0, 0.1) is 0 Å². The number of carbonyl (C=O) groups excluding carboxylic acids is 2. The van der Waals surface area contributed by atoms with Crippen molar-refractivity contribution in [2.45, 2.75) is 12.6 Å². The van der Waals surface area contributed by atoms with Gasteiger partial charge < -0.3 is 24.4 Å². The van der Waals surface area contributed by atoms with E-state index in [1.165, 1.54) is 16.2 Å². The quantitative estimate of drug-likeness (QED) is 0.338. The maximum absolute atomic E-state index is 13.3. The van der Waals surface area contributed by atoms with E-state index in [4.69, 9.17) is 9.47 Å². The number of methoxy groups -OCH3 is 1. The summed E-state index contributed by atoms with van der Waals surface area (Å²) in [6.45, 7) is 1.54. The highest BCUT2D eigenvalue weighted by atomic mass is 32.1. The number of Topliss-reactive ketones (excluding diaryl/α,β-unsaturated/α-hetero) is 1. The van der Waals surface area contributed by atoms with Crippen molar-refractivity contribution < 1.29 is 24.2 Å². The molecule has 2 aliphatic heterocycles. The van der Waals surface area contributed by atoms with Crippen molar-refractivity contribution in [2.75, 3.05) is 32.2 Å². The van der Waals surface area contributed by atoms with Crippen LogP contribution in [0.3, 0.4) is 0 Å². The minimum absolute atomic E-state index is 0.0467. The van der Waals surface area contributed by atoms with Crippen molar-refractivity contribution in [3.63, 3.8) is 0 Å². The van der Waals surface area contributed by atoms with E-state index in [0.29, 0.717) is 35.8 Å². The Kier molecular flexibility index (Phi) is 5.75. The molecule has 1 aromatic heterocycles. The number of thiophene rings is 1. The van der Waals surface area contributed by atoms with Gasteiger partial charge in [-0.3, -0.25) is 9.59 Å². The van der Waals surface area contributed by atoms with Crippen LogP contribution in [0.5, 0.6) is 11.5 Å². The molecular formula is C26H24N2O5S. The molecule has 1 fully saturated rings. The van der Waals surface area contributed by atoms with E-state index in [9.17, 15) is 14.7 Å². The maximum atomic E-state index is 13.3. The highest BCUT2D eigenvalue weighted by molar-refractivity contribution is 7.09. The minimum Gasteiger partial charge on any atom is -0.507 e. The van der Waals surface area contributed by atoms with Gasteiger partial charge in [0.2, 0.25) is 0 Å². The highest BCUT2D eigenvalue weighted by Gasteiger charge is 2.47. The molecule has 1 N–H and O–H groups in total. The molecular weight excluding hydrogens is 452 g/mol. The predicted octanol–water partition coefficient (Wildman–Crippen LogP) is 4.21. The van der Waals surface area contributed by atoms with Crippen molar-refractivity contribution in [1.29, 1.82) is 0 Å². The van der Waals surface area contributed by atoms with Gasteiger partial charge in [-0.25, -0.2) is 0 Å². The summed E-state index contributed by atoms with van der Waals surface area (Å²) < 4.78 is 11.3. The normalized spacial score (nSPS) is 19.2. The summed E-state index contributed by atoms with van der Waals surface area (Å²) >= 11 is 1.51. The molecule has 3 aromatic rings. The largest absolute Gasteiger partial charge is 0.507 e. The first-order valence-electron chi connectivity index (χ1n) is 10.9. The summed E-state index contributed by atoms with van der Waals surface area (Å²) in [5.74, 6) is -0.332. The van der Waals surface area contributed by atoms with Crippen molar-refractivity contribution >= 4 is 34.5 Å². The van der Waals surface area contributed by atoms with Crippen molar-refractivity contribution in [1.82, 2.24) is 4.90 Å². The lowest BCUT2D eigenvalue weighted by molar-refractivity contribution is -0.140. The third kappa shape index (κ3) is 3.70. The molecule has 34 heavy (non-hydrogen) atoms. The first kappa shape index (κ1) is 22.0. The van der Waals surface area contributed by atoms with Crippen LogP contribution in [0.15, 0.2) is 65.6 Å². The fourth-order valence-corrected chi connectivity index (χ4v) is 5.19. The van der Waals surface area contributed by atoms with E-state index >= 15 is 0 Å². The minimum atomic E-state index is -0.789. The number of likely N-dealkylation sites (tertiary alicyclic amines) is 1. The van der Waals surface area contributed by atoms with Gasteiger partial charge in [0.25, 0.3) is 11.7 Å². The number of ketones is 1. The standard InChI is InChI=1S/C26H24N2O5S/c1-27-11-12-33-21-10-9-16(14-19(21)27)24(29)22-23(18-7-3-4-8-20(18)32-2)28(26(31)25(22)30)15-17-6-5-13-34-17/h3-10,13-14,23,29H,11-12,15H2,1-2H3/b24-22+. The number of benzene rings is 2. The SMILES string of the molecule is COc1ccccc1C1/C(=C(\O)c2ccc3c(c2)N(C)CCO3)C(=O)C(=O)N1Cc1cccs1. The van der Waals surface area contributed by atoms with Gasteiger partial charge in [0.15, 0.2) is 0 Å². The zero-order valence-electron chi connectivity index (χ0n) is 18.9. The zero-order valence-corrected chi connectivity index (χ0v) is 19.7. The molecule has 0 saturated carbocycles. The number of aliphatic hydroxyl groups excluding tert-OH is 1. The summed E-state index contributed by atoms with van der Waals surface area (Å²) in [6, 6.07) is 15.6. The molecule has 1 unspecified atom stereocenters. The number of fused-ring (bicyclic) bond motifs is 1. The van der Waals surface area contributed by atoms with Crippen molar-refractivity contribution in [2.24, 2.45) is 0 Å². The number of rotatable bonds is 5. The van der Waals surface area contributed by atoms with Gasteiger partial charge in [0.1, 0.15) is 23.9 Å². The molecule has 7 nitrogen and oxygen atoms in total. The molecule has 0 spiro atoms. The monoisotopic (exact) mass is 476 g/mol. The third-order valence-corrected chi connectivity index (χ3v) is 7.07. The van der Waals surface area contributed by atoms with Gasteiger partial charge in [-0.15, -0.1) is 11.3 Å². The molecule has 1 atom stereocenters. The molecule has 0 radical (unpaired) electrons. The lowest BCUT2D eigenvalue weighted by atomic mass is 9.94. The average molecular weight is 477 g/mol. The molecule has 2 aliphatic rings. The average Bonchev–Trinajstić information content (AvgIpc) is 3.46. The molecule has 8 heteroatoms. The third-order valence-electron chi connectivity index (χ3n) is 6.21. The van der Waals surface area contributed by atoms with Crippen LogP contribution in [0.2, 0.25) is 0 Å². The Labute approximate surface area is 201 Å². The second-order valence-electron chi connectivity index (χ2n) is 8.20. The molecule has 0 bridgehead atoms. The molecule has 1 saturated heterocycles. The number of hydrogen-bond donors (Lipinski definition) is 1. The second-order valence-corrected chi connectivity index (χ2v) is 9.23. The number of hydrogen-bond acceptors (Lipinski definition) is 7. The number of carbonyl (C=O) groups is 2. The summed E-state index contributed by atoms with van der Waals surface area (Å²) in [7, 11) is 3.49. The summed E-state index contributed by atoms with van der Waals surface area (Å²) in [6.07, 6.45) is 0. The van der Waals surface area contributed by atoms with Gasteiger partial charge in [0, 0.05) is 23.1 Å². The Morgan fingerprint density at radius 1 is 1.18 bits per heavy atom. The topological polar surface area (TPSA) is 79.3 Å². The van der Waals surface area contributed by atoms with Gasteiger partial charge in [0.05, 0.1) is 37.5 Å². The first-order valence-corrected chi connectivity index (χ1v) is 11.8. The van der Waals surface area contributed by atoms with Crippen LogP contribution >= 0.6 is 11.3 Å². The second kappa shape index (κ2) is 8.87. The fourth-order valence-electron chi connectivity index (χ4n) is 4.48. The Balaban J connectivity index is 1.67. The number of likely N-dealkylation sites (N-methyl/N-ethyl adjacent to an activating group) is 1. The Morgan fingerprint density at radius 2 is 2.00 bits per heavy atom. The first-order chi connectivity index (χ1) is 16.5. The molecule has 2 aromatic carbocycles. The van der Waals surface area contributed by atoms with Crippen LogP contribution < -0.4 is 14.4 Å². The predicted molar refractivity (Wildman–Crippen MR) is 130 cm³/mol. The van der Waals surface area contributed by atoms with Crippen LogP contribution in [-0.4, -0.2) is 49.0 Å². The van der Waals surface area contributed by atoms with Crippen LogP contribution in [-0.2, 0) is 16.1 Å².